The number of carbonyl (C=O) groups excluding carboxylic acids is 1. The van der Waals surface area contributed by atoms with Crippen molar-refractivity contribution in [3.63, 3.8) is 0 Å². The van der Waals surface area contributed by atoms with E-state index in [1.807, 2.05) is 0 Å². The topological polar surface area (TPSA) is 69.6 Å². The lowest BCUT2D eigenvalue weighted by atomic mass is 10.0. The van der Waals surface area contributed by atoms with Gasteiger partial charge in [-0.2, -0.15) is 0 Å². The number of aliphatic hydroxyl groups is 1. The van der Waals surface area contributed by atoms with Crippen LogP contribution in [0.5, 0.6) is 5.75 Å². The predicted molar refractivity (Wildman–Crippen MR) is 77.3 cm³/mol. The van der Waals surface area contributed by atoms with Gasteiger partial charge in [0.25, 0.3) is 0 Å². The fraction of sp³-hybridized carbons (Fsp3) is 0.438. The quantitative estimate of drug-likeness (QED) is 0.693. The molecule has 20 heavy (non-hydrogen) atoms. The number of nitrogens with one attached hydrogen (secondary N) is 1. The number of amides is 1. The van der Waals surface area contributed by atoms with Crippen LogP contribution in [0.2, 0.25) is 0 Å². The van der Waals surface area contributed by atoms with Crippen molar-refractivity contribution in [3.8, 4) is 5.75 Å². The van der Waals surface area contributed by atoms with E-state index in [-0.39, 0.29) is 24.3 Å². The summed E-state index contributed by atoms with van der Waals surface area (Å²) in [5.41, 5.74) is 0.975. The number of benzene rings is 1. The van der Waals surface area contributed by atoms with Crippen molar-refractivity contribution in [2.75, 3.05) is 6.61 Å². The monoisotopic (exact) mass is 275 g/mol. The molecular weight excluding hydrogens is 254 g/mol. The van der Waals surface area contributed by atoms with Gasteiger partial charge in [-0.1, -0.05) is 24.3 Å². The van der Waals surface area contributed by atoms with Gasteiger partial charge in [-0.3, -0.25) is 4.79 Å². The number of carbonyl (C=O) groups is 1. The Morgan fingerprint density at radius 2 is 2.10 bits per heavy atom. The fourth-order valence-corrected chi connectivity index (χ4v) is 2.47. The van der Waals surface area contributed by atoms with Crippen molar-refractivity contribution >= 4 is 5.91 Å². The van der Waals surface area contributed by atoms with E-state index in [0.29, 0.717) is 18.8 Å². The zero-order valence-electron chi connectivity index (χ0n) is 11.5. The van der Waals surface area contributed by atoms with Gasteiger partial charge in [-0.15, -0.1) is 0 Å². The van der Waals surface area contributed by atoms with E-state index in [0.717, 1.165) is 18.4 Å². The molecule has 108 valence electrons. The Bertz CT molecular complexity index is 467. The highest BCUT2D eigenvalue weighted by Gasteiger charge is 2.17. The first-order valence-electron chi connectivity index (χ1n) is 7.02. The van der Waals surface area contributed by atoms with E-state index in [1.54, 1.807) is 24.3 Å². The van der Waals surface area contributed by atoms with E-state index in [1.165, 1.54) is 0 Å². The lowest BCUT2D eigenvalue weighted by Crippen LogP contribution is -2.39. The van der Waals surface area contributed by atoms with E-state index in [4.69, 9.17) is 0 Å². The summed E-state index contributed by atoms with van der Waals surface area (Å²) in [6.45, 7) is -0.0902. The van der Waals surface area contributed by atoms with E-state index in [9.17, 15) is 15.0 Å². The van der Waals surface area contributed by atoms with Crippen LogP contribution >= 0.6 is 0 Å². The standard InChI is InChI=1S/C16H21NO3/c18-11-14(9-13-5-7-15(19)8-6-13)17-16(20)10-12-3-1-2-4-12/h1,3,5-8,12,14,18-19H,2,4,9-11H2,(H,17,20)/t12?,14-/m0/s1. The summed E-state index contributed by atoms with van der Waals surface area (Å²) in [7, 11) is 0. The van der Waals surface area contributed by atoms with Gasteiger partial charge in [0.1, 0.15) is 5.75 Å². The minimum atomic E-state index is -0.280. The molecule has 0 saturated heterocycles. The number of phenolic OH excluding ortho intramolecular Hbond substituents is 1. The number of aliphatic hydroxyl groups excluding tert-OH is 1. The third kappa shape index (κ3) is 4.38. The summed E-state index contributed by atoms with van der Waals surface area (Å²) in [5.74, 6) is 0.536. The molecule has 4 nitrogen and oxygen atoms in total. The number of hydrogen-bond acceptors (Lipinski definition) is 3. The van der Waals surface area contributed by atoms with Crippen molar-refractivity contribution in [1.29, 1.82) is 0 Å². The van der Waals surface area contributed by atoms with Crippen molar-refractivity contribution in [2.24, 2.45) is 5.92 Å². The molecule has 1 aliphatic carbocycles. The fourth-order valence-electron chi connectivity index (χ4n) is 2.47. The van der Waals surface area contributed by atoms with Gasteiger partial charge < -0.3 is 15.5 Å². The average molecular weight is 275 g/mol. The number of rotatable bonds is 6. The first kappa shape index (κ1) is 14.6. The van der Waals surface area contributed by atoms with Gasteiger partial charge in [0.15, 0.2) is 0 Å². The minimum absolute atomic E-state index is 0.0145. The Balaban J connectivity index is 1.83. The maximum absolute atomic E-state index is 11.9. The van der Waals surface area contributed by atoms with E-state index in [2.05, 4.69) is 17.5 Å². The maximum Gasteiger partial charge on any atom is 0.220 e. The summed E-state index contributed by atoms with van der Waals surface area (Å²) in [5, 5.41) is 21.5. The summed E-state index contributed by atoms with van der Waals surface area (Å²) >= 11 is 0. The van der Waals surface area contributed by atoms with E-state index < -0.39 is 0 Å². The van der Waals surface area contributed by atoms with Crippen LogP contribution in [0.25, 0.3) is 0 Å². The summed E-state index contributed by atoms with van der Waals surface area (Å²) in [6.07, 6.45) is 7.33. The van der Waals surface area contributed by atoms with Gasteiger partial charge in [0.05, 0.1) is 12.6 Å². The number of allylic oxidation sites excluding steroid dienone is 2. The molecule has 1 amide bonds. The molecule has 3 N–H and O–H groups in total. The number of aromatic hydroxyl groups is 1. The molecule has 2 rings (SSSR count). The van der Waals surface area contributed by atoms with Crippen LogP contribution in [0.15, 0.2) is 36.4 Å². The largest absolute Gasteiger partial charge is 0.508 e. The molecule has 1 unspecified atom stereocenters. The van der Waals surface area contributed by atoms with Crippen molar-refractivity contribution in [1.82, 2.24) is 5.32 Å². The summed E-state index contributed by atoms with van der Waals surface area (Å²) in [6, 6.07) is 6.52. The molecule has 0 aromatic heterocycles. The van der Waals surface area contributed by atoms with Crippen LogP contribution in [0.4, 0.5) is 0 Å². The number of phenols is 1. The van der Waals surface area contributed by atoms with Crippen LogP contribution in [-0.4, -0.2) is 28.8 Å². The van der Waals surface area contributed by atoms with Crippen LogP contribution < -0.4 is 5.32 Å². The normalized spacial score (nSPS) is 18.9. The molecule has 0 fully saturated rings. The zero-order valence-corrected chi connectivity index (χ0v) is 11.5. The van der Waals surface area contributed by atoms with Gasteiger partial charge in [0, 0.05) is 6.42 Å². The molecule has 1 aromatic rings. The Labute approximate surface area is 119 Å². The molecule has 0 spiro atoms. The number of hydrogen-bond donors (Lipinski definition) is 3. The molecule has 0 saturated carbocycles. The second-order valence-corrected chi connectivity index (χ2v) is 5.29. The lowest BCUT2D eigenvalue weighted by molar-refractivity contribution is -0.122. The highest BCUT2D eigenvalue weighted by molar-refractivity contribution is 5.76. The third-order valence-corrected chi connectivity index (χ3v) is 3.56. The smallest absolute Gasteiger partial charge is 0.220 e. The molecule has 4 heteroatoms. The highest BCUT2D eigenvalue weighted by atomic mass is 16.3. The van der Waals surface area contributed by atoms with Crippen molar-refractivity contribution in [2.45, 2.75) is 31.7 Å². The van der Waals surface area contributed by atoms with Crippen molar-refractivity contribution < 1.29 is 15.0 Å². The van der Waals surface area contributed by atoms with Gasteiger partial charge >= 0.3 is 0 Å². The Morgan fingerprint density at radius 1 is 1.35 bits per heavy atom. The van der Waals surface area contributed by atoms with Crippen LogP contribution in [-0.2, 0) is 11.2 Å². The Kier molecular flexibility index (Phi) is 5.18. The lowest BCUT2D eigenvalue weighted by Gasteiger charge is -2.17. The molecule has 0 bridgehead atoms. The third-order valence-electron chi connectivity index (χ3n) is 3.56. The van der Waals surface area contributed by atoms with Crippen molar-refractivity contribution in [3.05, 3.63) is 42.0 Å². The van der Waals surface area contributed by atoms with Gasteiger partial charge in [-0.05, 0) is 42.9 Å². The average Bonchev–Trinajstić information content (AvgIpc) is 2.93. The SMILES string of the molecule is O=C(CC1C=CCC1)N[C@H](CO)Cc1ccc(O)cc1. The zero-order chi connectivity index (χ0) is 14.4. The Morgan fingerprint density at radius 3 is 2.70 bits per heavy atom. The molecule has 1 aliphatic rings. The molecule has 1 aromatic carbocycles. The van der Waals surface area contributed by atoms with Gasteiger partial charge in [-0.25, -0.2) is 0 Å². The molecule has 2 atom stereocenters. The predicted octanol–water partition coefficient (Wildman–Crippen LogP) is 1.77. The molecule has 0 radical (unpaired) electrons. The Hall–Kier alpha value is -1.81. The molecule has 0 aliphatic heterocycles. The summed E-state index contributed by atoms with van der Waals surface area (Å²) in [4.78, 5) is 11.9. The highest BCUT2D eigenvalue weighted by Crippen LogP contribution is 2.20. The first-order chi connectivity index (χ1) is 9.67. The molecule has 0 heterocycles. The summed E-state index contributed by atoms with van der Waals surface area (Å²) < 4.78 is 0. The second-order valence-electron chi connectivity index (χ2n) is 5.29. The minimum Gasteiger partial charge on any atom is -0.508 e. The van der Waals surface area contributed by atoms with Crippen LogP contribution in [0, 0.1) is 5.92 Å². The molecular formula is C16H21NO3. The second kappa shape index (κ2) is 7.10. The van der Waals surface area contributed by atoms with Gasteiger partial charge in [0.2, 0.25) is 5.91 Å². The van der Waals surface area contributed by atoms with Crippen LogP contribution in [0.1, 0.15) is 24.8 Å². The van der Waals surface area contributed by atoms with E-state index >= 15 is 0 Å². The maximum atomic E-state index is 11.9. The van der Waals surface area contributed by atoms with Crippen LogP contribution in [0.3, 0.4) is 0 Å². The first-order valence-corrected chi connectivity index (χ1v) is 7.02.